The predicted octanol–water partition coefficient (Wildman–Crippen LogP) is 1.66. The van der Waals surface area contributed by atoms with Gasteiger partial charge in [0.05, 0.1) is 5.57 Å². The highest BCUT2D eigenvalue weighted by molar-refractivity contribution is 6.35. The number of imide groups is 1. The molecule has 0 bridgehead atoms. The number of aliphatic hydroxyl groups excluding tert-OH is 1. The van der Waals surface area contributed by atoms with Crippen molar-refractivity contribution in [2.24, 2.45) is 5.92 Å². The first kappa shape index (κ1) is 16.5. The summed E-state index contributed by atoms with van der Waals surface area (Å²) in [5.74, 6) is -0.399. The second kappa shape index (κ2) is 7.01. The molecule has 126 valence electrons. The van der Waals surface area contributed by atoms with E-state index in [0.29, 0.717) is 17.8 Å². The molecule has 0 aliphatic carbocycles. The molecule has 5 nitrogen and oxygen atoms in total. The molecule has 1 fully saturated rings. The molecule has 0 radical (unpaired) electrons. The van der Waals surface area contributed by atoms with Crippen LogP contribution in [0.5, 0.6) is 0 Å². The fourth-order valence-corrected chi connectivity index (χ4v) is 3.43. The fourth-order valence-electron chi connectivity index (χ4n) is 3.43. The summed E-state index contributed by atoms with van der Waals surface area (Å²) in [6.07, 6.45) is 3.41. The number of carbonyl (C=O) groups is 2. The molecule has 1 saturated heterocycles. The van der Waals surface area contributed by atoms with Gasteiger partial charge in [0.2, 0.25) is 0 Å². The zero-order valence-corrected chi connectivity index (χ0v) is 13.6. The molecule has 3 rings (SSSR count). The van der Waals surface area contributed by atoms with Crippen LogP contribution in [-0.4, -0.2) is 53.0 Å². The Labute approximate surface area is 141 Å². The van der Waals surface area contributed by atoms with Gasteiger partial charge in [-0.1, -0.05) is 36.4 Å². The van der Waals surface area contributed by atoms with Crippen LogP contribution in [0.25, 0.3) is 5.57 Å². The number of nitrogens with zero attached hydrogens (tertiary/aromatic N) is 2. The van der Waals surface area contributed by atoms with Gasteiger partial charge in [-0.2, -0.15) is 0 Å². The number of piperidine rings is 1. The van der Waals surface area contributed by atoms with Crippen molar-refractivity contribution in [2.45, 2.75) is 12.8 Å². The molecule has 1 aromatic rings. The molecule has 0 aromatic heterocycles. The number of hydrogen-bond donors (Lipinski definition) is 1. The van der Waals surface area contributed by atoms with E-state index in [0.717, 1.165) is 24.9 Å². The van der Waals surface area contributed by atoms with Gasteiger partial charge in [0.15, 0.2) is 0 Å². The zero-order valence-electron chi connectivity index (χ0n) is 13.6. The SMILES string of the molecule is C=CCN1C(=O)C(c2ccccc2)=C(N2CCCC(CO)C2)C1=O. The minimum Gasteiger partial charge on any atom is -0.396 e. The normalized spacial score (nSPS) is 21.6. The molecule has 0 spiro atoms. The van der Waals surface area contributed by atoms with Gasteiger partial charge in [-0.05, 0) is 24.3 Å². The molecule has 2 heterocycles. The average Bonchev–Trinajstić information content (AvgIpc) is 2.87. The smallest absolute Gasteiger partial charge is 0.278 e. The van der Waals surface area contributed by atoms with Gasteiger partial charge in [-0.3, -0.25) is 14.5 Å². The first-order chi connectivity index (χ1) is 11.7. The van der Waals surface area contributed by atoms with E-state index in [1.54, 1.807) is 6.08 Å². The molecule has 5 heteroatoms. The topological polar surface area (TPSA) is 60.9 Å². The Morgan fingerprint density at radius 1 is 1.21 bits per heavy atom. The van der Waals surface area contributed by atoms with Crippen LogP contribution in [0.3, 0.4) is 0 Å². The third-order valence-corrected chi connectivity index (χ3v) is 4.61. The van der Waals surface area contributed by atoms with E-state index in [9.17, 15) is 14.7 Å². The summed E-state index contributed by atoms with van der Waals surface area (Å²) in [6.45, 7) is 5.27. The second-order valence-electron chi connectivity index (χ2n) is 6.24. The lowest BCUT2D eigenvalue weighted by Gasteiger charge is -2.34. The van der Waals surface area contributed by atoms with E-state index in [1.807, 2.05) is 35.2 Å². The van der Waals surface area contributed by atoms with Gasteiger partial charge >= 0.3 is 0 Å². The van der Waals surface area contributed by atoms with E-state index in [-0.39, 0.29) is 30.9 Å². The maximum atomic E-state index is 12.9. The summed E-state index contributed by atoms with van der Waals surface area (Å²) in [5.41, 5.74) is 1.68. The number of hydrogen-bond acceptors (Lipinski definition) is 4. The van der Waals surface area contributed by atoms with Gasteiger partial charge in [0.25, 0.3) is 11.8 Å². The lowest BCUT2D eigenvalue weighted by Crippen LogP contribution is -2.40. The standard InChI is InChI=1S/C19H22N2O3/c1-2-10-21-18(23)16(15-8-4-3-5-9-15)17(19(21)24)20-11-6-7-14(12-20)13-22/h2-5,8-9,14,22H,1,6-7,10-13H2. The molecule has 1 N–H and O–H groups in total. The van der Waals surface area contributed by atoms with E-state index in [2.05, 4.69) is 6.58 Å². The number of likely N-dealkylation sites (tertiary alicyclic amines) is 1. The third-order valence-electron chi connectivity index (χ3n) is 4.61. The van der Waals surface area contributed by atoms with Crippen LogP contribution in [0.2, 0.25) is 0 Å². The highest BCUT2D eigenvalue weighted by Crippen LogP contribution is 2.33. The summed E-state index contributed by atoms with van der Waals surface area (Å²) in [4.78, 5) is 28.9. The number of amides is 2. The molecule has 1 aromatic carbocycles. The van der Waals surface area contributed by atoms with Crippen molar-refractivity contribution in [1.82, 2.24) is 9.80 Å². The molecule has 2 aliphatic rings. The molecule has 24 heavy (non-hydrogen) atoms. The number of carbonyl (C=O) groups excluding carboxylic acids is 2. The monoisotopic (exact) mass is 326 g/mol. The van der Waals surface area contributed by atoms with Crippen LogP contribution in [-0.2, 0) is 9.59 Å². The van der Waals surface area contributed by atoms with E-state index in [4.69, 9.17) is 0 Å². The molecule has 0 saturated carbocycles. The maximum Gasteiger partial charge on any atom is 0.278 e. The Hall–Kier alpha value is -2.40. The first-order valence-corrected chi connectivity index (χ1v) is 8.30. The van der Waals surface area contributed by atoms with Crippen LogP contribution < -0.4 is 0 Å². The Morgan fingerprint density at radius 2 is 1.96 bits per heavy atom. The van der Waals surface area contributed by atoms with Gasteiger partial charge in [-0.15, -0.1) is 6.58 Å². The fraction of sp³-hybridized carbons (Fsp3) is 0.368. The molecular weight excluding hydrogens is 304 g/mol. The Kier molecular flexibility index (Phi) is 4.81. The number of rotatable bonds is 5. The first-order valence-electron chi connectivity index (χ1n) is 8.30. The van der Waals surface area contributed by atoms with Crippen LogP contribution in [0.1, 0.15) is 18.4 Å². The zero-order chi connectivity index (χ0) is 17.1. The molecular formula is C19H22N2O3. The largest absolute Gasteiger partial charge is 0.396 e. The van der Waals surface area contributed by atoms with Crippen molar-refractivity contribution in [1.29, 1.82) is 0 Å². The Balaban J connectivity index is 2.04. The van der Waals surface area contributed by atoms with E-state index >= 15 is 0 Å². The third kappa shape index (κ3) is 2.87. The van der Waals surface area contributed by atoms with Crippen molar-refractivity contribution in [3.63, 3.8) is 0 Å². The predicted molar refractivity (Wildman–Crippen MR) is 91.7 cm³/mol. The van der Waals surface area contributed by atoms with Crippen LogP contribution in [0.15, 0.2) is 48.7 Å². The Bertz CT molecular complexity index is 681. The van der Waals surface area contributed by atoms with Gasteiger partial charge in [0.1, 0.15) is 5.70 Å². The highest BCUT2D eigenvalue weighted by atomic mass is 16.3. The van der Waals surface area contributed by atoms with Crippen LogP contribution >= 0.6 is 0 Å². The summed E-state index contributed by atoms with van der Waals surface area (Å²) in [5, 5.41) is 9.47. The van der Waals surface area contributed by atoms with E-state index in [1.165, 1.54) is 4.90 Å². The number of aliphatic hydroxyl groups is 1. The van der Waals surface area contributed by atoms with Crippen molar-refractivity contribution in [2.75, 3.05) is 26.2 Å². The minimum atomic E-state index is -0.271. The van der Waals surface area contributed by atoms with Crippen LogP contribution in [0, 0.1) is 5.92 Å². The van der Waals surface area contributed by atoms with Gasteiger partial charge < -0.3 is 10.0 Å². The molecule has 2 aliphatic heterocycles. The average molecular weight is 326 g/mol. The molecule has 1 unspecified atom stereocenters. The molecule has 1 atom stereocenters. The lowest BCUT2D eigenvalue weighted by molar-refractivity contribution is -0.137. The second-order valence-corrected chi connectivity index (χ2v) is 6.24. The number of benzene rings is 1. The van der Waals surface area contributed by atoms with E-state index < -0.39 is 0 Å². The van der Waals surface area contributed by atoms with Crippen molar-refractivity contribution >= 4 is 17.4 Å². The summed E-state index contributed by atoms with van der Waals surface area (Å²) >= 11 is 0. The molecule has 2 amide bonds. The highest BCUT2D eigenvalue weighted by Gasteiger charge is 2.41. The Morgan fingerprint density at radius 3 is 2.62 bits per heavy atom. The van der Waals surface area contributed by atoms with Crippen molar-refractivity contribution < 1.29 is 14.7 Å². The summed E-state index contributed by atoms with van der Waals surface area (Å²) in [6, 6.07) is 9.31. The lowest BCUT2D eigenvalue weighted by atomic mass is 9.97. The minimum absolute atomic E-state index is 0.100. The van der Waals surface area contributed by atoms with Crippen molar-refractivity contribution in [3.8, 4) is 0 Å². The quantitative estimate of drug-likeness (QED) is 0.660. The van der Waals surface area contributed by atoms with Gasteiger partial charge in [-0.25, -0.2) is 0 Å². The van der Waals surface area contributed by atoms with Crippen molar-refractivity contribution in [3.05, 3.63) is 54.2 Å². The maximum absolute atomic E-state index is 12.9. The summed E-state index contributed by atoms with van der Waals surface area (Å²) in [7, 11) is 0. The van der Waals surface area contributed by atoms with Gasteiger partial charge in [0, 0.05) is 26.2 Å². The summed E-state index contributed by atoms with van der Waals surface area (Å²) < 4.78 is 0. The van der Waals surface area contributed by atoms with Crippen LogP contribution in [0.4, 0.5) is 0 Å².